The van der Waals surface area contributed by atoms with Gasteiger partial charge in [0.1, 0.15) is 5.76 Å². The Bertz CT molecular complexity index is 995. The van der Waals surface area contributed by atoms with Gasteiger partial charge in [0.05, 0.1) is 36.9 Å². The molecule has 30 heavy (non-hydrogen) atoms. The molecule has 1 aromatic carbocycles. The normalized spacial score (nSPS) is 25.8. The Morgan fingerprint density at radius 3 is 2.80 bits per heavy atom. The van der Waals surface area contributed by atoms with Crippen LogP contribution < -0.4 is 10.6 Å². The number of benzene rings is 1. The van der Waals surface area contributed by atoms with Crippen LogP contribution in [0.5, 0.6) is 0 Å². The van der Waals surface area contributed by atoms with Crippen LogP contribution in [-0.4, -0.2) is 35.3 Å². The first-order chi connectivity index (χ1) is 14.6. The molecule has 0 bridgehead atoms. The maximum absolute atomic E-state index is 13.7. The maximum atomic E-state index is 13.7. The van der Waals surface area contributed by atoms with Crippen LogP contribution in [0, 0.1) is 6.92 Å². The molecule has 2 aromatic rings. The van der Waals surface area contributed by atoms with Crippen LogP contribution in [0.3, 0.4) is 0 Å². The Hall–Kier alpha value is -3.02. The summed E-state index contributed by atoms with van der Waals surface area (Å²) in [5.74, 6) is 0.573. The molecule has 1 aliphatic carbocycles. The molecule has 1 aromatic heterocycles. The number of nitrogens with zero attached hydrogens (tertiary/aromatic N) is 1. The lowest BCUT2D eigenvalue weighted by Gasteiger charge is -2.43. The molecule has 3 heterocycles. The minimum atomic E-state index is -0.397. The lowest BCUT2D eigenvalue weighted by molar-refractivity contribution is -0.136. The van der Waals surface area contributed by atoms with Gasteiger partial charge in [-0.2, -0.15) is 0 Å². The zero-order valence-electron chi connectivity index (χ0n) is 17.2. The molecule has 6 heteroatoms. The van der Waals surface area contributed by atoms with Crippen molar-refractivity contribution in [3.8, 4) is 0 Å². The fourth-order valence-corrected chi connectivity index (χ4v) is 5.26. The monoisotopic (exact) mass is 405 g/mol. The van der Waals surface area contributed by atoms with E-state index >= 15 is 0 Å². The highest BCUT2D eigenvalue weighted by atomic mass is 16.3. The van der Waals surface area contributed by atoms with E-state index in [1.165, 1.54) is 0 Å². The molecule has 2 aliphatic heterocycles. The van der Waals surface area contributed by atoms with Gasteiger partial charge >= 0.3 is 0 Å². The van der Waals surface area contributed by atoms with Gasteiger partial charge in [0, 0.05) is 11.7 Å². The molecule has 156 valence electrons. The van der Waals surface area contributed by atoms with Gasteiger partial charge in [-0.1, -0.05) is 37.1 Å². The van der Waals surface area contributed by atoms with Crippen molar-refractivity contribution in [2.24, 2.45) is 0 Å². The predicted molar refractivity (Wildman–Crippen MR) is 112 cm³/mol. The number of aryl methyl sites for hydroxylation is 1. The van der Waals surface area contributed by atoms with Crippen LogP contribution in [-0.2, 0) is 16.0 Å². The van der Waals surface area contributed by atoms with Gasteiger partial charge in [-0.3, -0.25) is 9.59 Å². The third-order valence-corrected chi connectivity index (χ3v) is 6.67. The second kappa shape index (κ2) is 7.67. The average Bonchev–Trinajstić information content (AvgIpc) is 3.34. The van der Waals surface area contributed by atoms with Crippen molar-refractivity contribution in [3.63, 3.8) is 0 Å². The number of furan rings is 1. The quantitative estimate of drug-likeness (QED) is 0.823. The van der Waals surface area contributed by atoms with Crippen LogP contribution in [0.1, 0.15) is 48.6 Å². The van der Waals surface area contributed by atoms with Gasteiger partial charge < -0.3 is 20.0 Å². The number of carbonyl (C=O) groups is 2. The first kappa shape index (κ1) is 19.0. The van der Waals surface area contributed by atoms with Gasteiger partial charge in [0.25, 0.3) is 5.91 Å². The number of amides is 2. The largest absolute Gasteiger partial charge is 0.469 e. The summed E-state index contributed by atoms with van der Waals surface area (Å²) >= 11 is 0. The SMILES string of the molecule is Cc1ccccc1[C@@H]1C2=C(CNC2=O)N[C@@H]2CCCC[C@H]2N1C(=O)Cc1ccco1. The van der Waals surface area contributed by atoms with Crippen molar-refractivity contribution in [1.82, 2.24) is 15.5 Å². The first-order valence-corrected chi connectivity index (χ1v) is 10.8. The molecule has 3 aliphatic rings. The number of rotatable bonds is 3. The Labute approximate surface area is 176 Å². The smallest absolute Gasteiger partial charge is 0.251 e. The van der Waals surface area contributed by atoms with Gasteiger partial charge in [0.15, 0.2) is 0 Å². The van der Waals surface area contributed by atoms with Gasteiger partial charge in [-0.05, 0) is 43.0 Å². The summed E-state index contributed by atoms with van der Waals surface area (Å²) in [6.07, 6.45) is 5.95. The van der Waals surface area contributed by atoms with Crippen LogP contribution in [0.4, 0.5) is 0 Å². The van der Waals surface area contributed by atoms with E-state index < -0.39 is 6.04 Å². The molecule has 1 saturated carbocycles. The summed E-state index contributed by atoms with van der Waals surface area (Å²) in [6, 6.07) is 11.5. The van der Waals surface area contributed by atoms with E-state index in [1.54, 1.807) is 12.3 Å². The molecule has 5 rings (SSSR count). The predicted octanol–water partition coefficient (Wildman–Crippen LogP) is 3.00. The zero-order valence-corrected chi connectivity index (χ0v) is 17.2. The maximum Gasteiger partial charge on any atom is 0.251 e. The summed E-state index contributed by atoms with van der Waals surface area (Å²) in [5.41, 5.74) is 3.73. The molecular formula is C24H27N3O3. The van der Waals surface area contributed by atoms with Crippen molar-refractivity contribution < 1.29 is 14.0 Å². The van der Waals surface area contributed by atoms with E-state index in [-0.39, 0.29) is 30.3 Å². The average molecular weight is 405 g/mol. The number of nitrogens with one attached hydrogen (secondary N) is 2. The third kappa shape index (κ3) is 3.20. The molecule has 0 spiro atoms. The summed E-state index contributed by atoms with van der Waals surface area (Å²) in [6.45, 7) is 2.55. The Kier molecular flexibility index (Phi) is 4.85. The summed E-state index contributed by atoms with van der Waals surface area (Å²) in [4.78, 5) is 28.7. The lowest BCUT2D eigenvalue weighted by atomic mass is 9.86. The van der Waals surface area contributed by atoms with Crippen molar-refractivity contribution in [2.45, 2.75) is 57.2 Å². The molecular weight excluding hydrogens is 378 g/mol. The van der Waals surface area contributed by atoms with Crippen molar-refractivity contribution in [2.75, 3.05) is 6.54 Å². The van der Waals surface area contributed by atoms with E-state index in [2.05, 4.69) is 10.6 Å². The highest BCUT2D eigenvalue weighted by Crippen LogP contribution is 2.41. The summed E-state index contributed by atoms with van der Waals surface area (Å²) < 4.78 is 5.48. The standard InChI is InChI=1S/C24H27N3O3/c1-15-7-2-3-9-17(15)23-22-19(14-25-24(22)29)26-18-10-4-5-11-20(18)27(23)21(28)13-16-8-6-12-30-16/h2-3,6-9,12,18,20,23,26H,4-5,10-11,13-14H2,1H3,(H,25,29)/t18-,20-,23-/m1/s1. The van der Waals surface area contributed by atoms with Gasteiger partial charge in [-0.15, -0.1) is 0 Å². The fourth-order valence-electron chi connectivity index (χ4n) is 5.26. The zero-order chi connectivity index (χ0) is 20.7. The summed E-state index contributed by atoms with van der Waals surface area (Å²) in [7, 11) is 0. The van der Waals surface area contributed by atoms with E-state index in [9.17, 15) is 9.59 Å². The molecule has 0 radical (unpaired) electrons. The number of hydrogen-bond donors (Lipinski definition) is 2. The fraction of sp³-hybridized carbons (Fsp3) is 0.417. The first-order valence-electron chi connectivity index (χ1n) is 10.8. The molecule has 6 nitrogen and oxygen atoms in total. The van der Waals surface area contributed by atoms with E-state index in [1.807, 2.05) is 42.2 Å². The van der Waals surface area contributed by atoms with Gasteiger partial charge in [-0.25, -0.2) is 0 Å². The lowest BCUT2D eigenvalue weighted by Crippen LogP contribution is -2.54. The molecule has 2 N–H and O–H groups in total. The molecule has 1 fully saturated rings. The second-order valence-corrected chi connectivity index (χ2v) is 8.49. The number of carbonyl (C=O) groups excluding carboxylic acids is 2. The minimum absolute atomic E-state index is 0.00496. The van der Waals surface area contributed by atoms with Crippen LogP contribution in [0.2, 0.25) is 0 Å². The van der Waals surface area contributed by atoms with Crippen LogP contribution >= 0.6 is 0 Å². The molecule has 0 unspecified atom stereocenters. The highest BCUT2D eigenvalue weighted by Gasteiger charge is 2.46. The van der Waals surface area contributed by atoms with E-state index in [0.717, 1.165) is 42.5 Å². The highest BCUT2D eigenvalue weighted by molar-refractivity contribution is 5.99. The van der Waals surface area contributed by atoms with Gasteiger partial charge in [0.2, 0.25) is 5.91 Å². The van der Waals surface area contributed by atoms with E-state index in [0.29, 0.717) is 17.9 Å². The topological polar surface area (TPSA) is 74.6 Å². The molecule has 0 saturated heterocycles. The number of hydrogen-bond acceptors (Lipinski definition) is 4. The Morgan fingerprint density at radius 2 is 2.00 bits per heavy atom. The van der Waals surface area contributed by atoms with Crippen LogP contribution in [0.25, 0.3) is 0 Å². The second-order valence-electron chi connectivity index (χ2n) is 8.49. The Morgan fingerprint density at radius 1 is 1.17 bits per heavy atom. The number of fused-ring (bicyclic) bond motifs is 1. The molecule has 2 amide bonds. The Balaban J connectivity index is 1.65. The third-order valence-electron chi connectivity index (χ3n) is 6.67. The minimum Gasteiger partial charge on any atom is -0.469 e. The van der Waals surface area contributed by atoms with Crippen LogP contribution in [0.15, 0.2) is 58.3 Å². The van der Waals surface area contributed by atoms with E-state index in [4.69, 9.17) is 4.42 Å². The summed E-state index contributed by atoms with van der Waals surface area (Å²) in [5, 5.41) is 6.63. The van der Waals surface area contributed by atoms with Crippen molar-refractivity contribution >= 4 is 11.8 Å². The van der Waals surface area contributed by atoms with Crippen molar-refractivity contribution in [1.29, 1.82) is 0 Å². The van der Waals surface area contributed by atoms with Crippen molar-refractivity contribution in [3.05, 3.63) is 70.8 Å². The molecule has 3 atom stereocenters.